The first kappa shape index (κ1) is 12.7. The highest BCUT2D eigenvalue weighted by atomic mass is 35.5. The van der Waals surface area contributed by atoms with Crippen LogP contribution in [-0.2, 0) is 4.74 Å². The summed E-state index contributed by atoms with van der Waals surface area (Å²) in [6, 6.07) is 7.23. The van der Waals surface area contributed by atoms with Crippen LogP contribution in [0.5, 0.6) is 0 Å². The molecule has 2 rings (SSSR count). The van der Waals surface area contributed by atoms with Crippen LogP contribution >= 0.6 is 23.2 Å². The lowest BCUT2D eigenvalue weighted by Gasteiger charge is -2.30. The van der Waals surface area contributed by atoms with E-state index in [-0.39, 0.29) is 6.04 Å². The molecule has 0 aliphatic carbocycles. The molecule has 0 amide bonds. The molecular formula is C12H12Cl2N2O. The third-order valence-electron chi connectivity index (χ3n) is 2.73. The topological polar surface area (TPSA) is 36.3 Å². The van der Waals surface area contributed by atoms with E-state index in [1.807, 2.05) is 0 Å². The second-order valence-electron chi connectivity index (χ2n) is 3.88. The van der Waals surface area contributed by atoms with Gasteiger partial charge in [-0.05, 0) is 23.8 Å². The van der Waals surface area contributed by atoms with Crippen LogP contribution in [0.4, 0.5) is 0 Å². The standard InChI is InChI=1S/C12H12Cl2N2O/c13-10-5-9(6-11(14)7-10)12(8-15)16-1-3-17-4-2-16/h5-7,12H,1-4H2. The molecule has 0 spiro atoms. The van der Waals surface area contributed by atoms with Crippen molar-refractivity contribution < 1.29 is 4.74 Å². The second kappa shape index (κ2) is 5.70. The lowest BCUT2D eigenvalue weighted by molar-refractivity contribution is 0.0266. The molecular weight excluding hydrogens is 259 g/mol. The van der Waals surface area contributed by atoms with Crippen molar-refractivity contribution >= 4 is 23.2 Å². The molecule has 1 aromatic rings. The Labute approximate surface area is 110 Å². The Kier molecular flexibility index (Phi) is 4.25. The predicted molar refractivity (Wildman–Crippen MR) is 67.2 cm³/mol. The van der Waals surface area contributed by atoms with Crippen molar-refractivity contribution in [3.63, 3.8) is 0 Å². The highest BCUT2D eigenvalue weighted by Crippen LogP contribution is 2.27. The largest absolute Gasteiger partial charge is 0.379 e. The van der Waals surface area contributed by atoms with Gasteiger partial charge in [0, 0.05) is 23.1 Å². The summed E-state index contributed by atoms with van der Waals surface area (Å²) in [4.78, 5) is 2.07. The van der Waals surface area contributed by atoms with Crippen molar-refractivity contribution in [2.45, 2.75) is 6.04 Å². The first-order valence-corrected chi connectivity index (χ1v) is 6.13. The van der Waals surface area contributed by atoms with E-state index >= 15 is 0 Å². The average molecular weight is 271 g/mol. The summed E-state index contributed by atoms with van der Waals surface area (Å²) in [5.74, 6) is 0. The molecule has 0 aromatic heterocycles. The van der Waals surface area contributed by atoms with E-state index in [1.165, 1.54) is 0 Å². The molecule has 1 unspecified atom stereocenters. The Morgan fingerprint density at radius 2 is 1.76 bits per heavy atom. The smallest absolute Gasteiger partial charge is 0.124 e. The molecule has 1 aliphatic rings. The first-order chi connectivity index (χ1) is 8.20. The second-order valence-corrected chi connectivity index (χ2v) is 4.76. The number of benzene rings is 1. The molecule has 90 valence electrons. The van der Waals surface area contributed by atoms with Crippen LogP contribution in [0.25, 0.3) is 0 Å². The summed E-state index contributed by atoms with van der Waals surface area (Å²) < 4.78 is 5.27. The van der Waals surface area contributed by atoms with E-state index in [0.29, 0.717) is 23.3 Å². The van der Waals surface area contributed by atoms with Crippen molar-refractivity contribution in [2.24, 2.45) is 0 Å². The number of nitriles is 1. The fraction of sp³-hybridized carbons (Fsp3) is 0.417. The molecule has 0 radical (unpaired) electrons. The summed E-state index contributed by atoms with van der Waals surface area (Å²) in [5, 5.41) is 10.4. The summed E-state index contributed by atoms with van der Waals surface area (Å²) >= 11 is 11.9. The Hall–Kier alpha value is -0.790. The third kappa shape index (κ3) is 3.11. The maximum atomic E-state index is 9.29. The van der Waals surface area contributed by atoms with Crippen molar-refractivity contribution in [1.29, 1.82) is 5.26 Å². The van der Waals surface area contributed by atoms with Gasteiger partial charge in [-0.3, -0.25) is 4.90 Å². The molecule has 1 fully saturated rings. The van der Waals surface area contributed by atoms with Crippen LogP contribution < -0.4 is 0 Å². The minimum Gasteiger partial charge on any atom is -0.379 e. The van der Waals surface area contributed by atoms with Crippen LogP contribution in [0.15, 0.2) is 18.2 Å². The number of rotatable bonds is 2. The highest BCUT2D eigenvalue weighted by molar-refractivity contribution is 6.34. The first-order valence-electron chi connectivity index (χ1n) is 5.38. The van der Waals surface area contributed by atoms with E-state index in [1.54, 1.807) is 18.2 Å². The van der Waals surface area contributed by atoms with Crippen LogP contribution in [-0.4, -0.2) is 31.2 Å². The van der Waals surface area contributed by atoms with Gasteiger partial charge in [0.05, 0.1) is 19.3 Å². The van der Waals surface area contributed by atoms with Gasteiger partial charge in [0.25, 0.3) is 0 Å². The SMILES string of the molecule is N#CC(c1cc(Cl)cc(Cl)c1)N1CCOCC1. The average Bonchev–Trinajstić information content (AvgIpc) is 2.30. The van der Waals surface area contributed by atoms with Crippen LogP contribution in [0.2, 0.25) is 10.0 Å². The minimum atomic E-state index is -0.310. The summed E-state index contributed by atoms with van der Waals surface area (Å²) in [6.45, 7) is 2.82. The molecule has 0 saturated carbocycles. The molecule has 1 aliphatic heterocycles. The molecule has 1 aromatic carbocycles. The number of ether oxygens (including phenoxy) is 1. The van der Waals surface area contributed by atoms with E-state index in [4.69, 9.17) is 27.9 Å². The van der Waals surface area contributed by atoms with Gasteiger partial charge in [0.2, 0.25) is 0 Å². The lowest BCUT2D eigenvalue weighted by atomic mass is 10.1. The Morgan fingerprint density at radius 3 is 2.29 bits per heavy atom. The van der Waals surface area contributed by atoms with Crippen LogP contribution in [0.1, 0.15) is 11.6 Å². The molecule has 1 atom stereocenters. The molecule has 1 saturated heterocycles. The zero-order valence-corrected chi connectivity index (χ0v) is 10.7. The van der Waals surface area contributed by atoms with E-state index in [0.717, 1.165) is 18.7 Å². The van der Waals surface area contributed by atoms with Crippen molar-refractivity contribution in [3.05, 3.63) is 33.8 Å². The van der Waals surface area contributed by atoms with Gasteiger partial charge in [0.15, 0.2) is 0 Å². The lowest BCUT2D eigenvalue weighted by Crippen LogP contribution is -2.38. The Balaban J connectivity index is 2.25. The zero-order valence-electron chi connectivity index (χ0n) is 9.20. The Bertz CT molecular complexity index is 418. The maximum Gasteiger partial charge on any atom is 0.124 e. The molecule has 17 heavy (non-hydrogen) atoms. The predicted octanol–water partition coefficient (Wildman–Crippen LogP) is 2.89. The fourth-order valence-electron chi connectivity index (χ4n) is 1.94. The van der Waals surface area contributed by atoms with Gasteiger partial charge >= 0.3 is 0 Å². The summed E-state index contributed by atoms with van der Waals surface area (Å²) in [5.41, 5.74) is 0.840. The molecule has 3 nitrogen and oxygen atoms in total. The number of hydrogen-bond acceptors (Lipinski definition) is 3. The summed E-state index contributed by atoms with van der Waals surface area (Å²) in [6.07, 6.45) is 0. The van der Waals surface area contributed by atoms with Gasteiger partial charge in [-0.25, -0.2) is 0 Å². The molecule has 5 heteroatoms. The fourth-order valence-corrected chi connectivity index (χ4v) is 2.48. The maximum absolute atomic E-state index is 9.29. The third-order valence-corrected chi connectivity index (χ3v) is 3.17. The van der Waals surface area contributed by atoms with Gasteiger partial charge in [-0.1, -0.05) is 23.2 Å². The van der Waals surface area contributed by atoms with Gasteiger partial charge in [-0.2, -0.15) is 5.26 Å². The Morgan fingerprint density at radius 1 is 1.18 bits per heavy atom. The van der Waals surface area contributed by atoms with Crippen molar-refractivity contribution in [1.82, 2.24) is 4.90 Å². The highest BCUT2D eigenvalue weighted by Gasteiger charge is 2.22. The van der Waals surface area contributed by atoms with E-state index < -0.39 is 0 Å². The normalized spacial score (nSPS) is 18.6. The summed E-state index contributed by atoms with van der Waals surface area (Å²) in [7, 11) is 0. The van der Waals surface area contributed by atoms with Crippen molar-refractivity contribution in [2.75, 3.05) is 26.3 Å². The number of nitrogens with zero attached hydrogens (tertiary/aromatic N) is 2. The van der Waals surface area contributed by atoms with E-state index in [9.17, 15) is 5.26 Å². The molecule has 0 N–H and O–H groups in total. The van der Waals surface area contributed by atoms with Crippen molar-refractivity contribution in [3.8, 4) is 6.07 Å². The number of halogens is 2. The van der Waals surface area contributed by atoms with Crippen LogP contribution in [0, 0.1) is 11.3 Å². The van der Waals surface area contributed by atoms with Crippen LogP contribution in [0.3, 0.4) is 0 Å². The number of morpholine rings is 1. The monoisotopic (exact) mass is 270 g/mol. The van der Waals surface area contributed by atoms with Gasteiger partial charge in [-0.15, -0.1) is 0 Å². The number of hydrogen-bond donors (Lipinski definition) is 0. The zero-order chi connectivity index (χ0) is 12.3. The van der Waals surface area contributed by atoms with Gasteiger partial charge in [0.1, 0.15) is 6.04 Å². The van der Waals surface area contributed by atoms with E-state index in [2.05, 4.69) is 11.0 Å². The quantitative estimate of drug-likeness (QED) is 0.829. The molecule has 0 bridgehead atoms. The van der Waals surface area contributed by atoms with Gasteiger partial charge < -0.3 is 4.74 Å². The molecule has 1 heterocycles. The minimum absolute atomic E-state index is 0.310.